The molecule has 1 aromatic rings. The van der Waals surface area contributed by atoms with E-state index in [1.807, 2.05) is 6.07 Å². The van der Waals surface area contributed by atoms with Crippen LogP contribution in [-0.2, 0) is 16.6 Å². The molecule has 0 radical (unpaired) electrons. The summed E-state index contributed by atoms with van der Waals surface area (Å²) in [7, 11) is -0.830. The van der Waals surface area contributed by atoms with Crippen LogP contribution in [-0.4, -0.2) is 10.5 Å². The number of anilines is 1. The molecule has 1 rings (SSSR count). The van der Waals surface area contributed by atoms with Crippen molar-refractivity contribution < 1.29 is 4.21 Å². The van der Waals surface area contributed by atoms with E-state index in [4.69, 9.17) is 17.3 Å². The summed E-state index contributed by atoms with van der Waals surface area (Å²) in [6.07, 6.45) is 1.66. The van der Waals surface area contributed by atoms with E-state index in [9.17, 15) is 4.21 Å². The van der Waals surface area contributed by atoms with Crippen molar-refractivity contribution in [3.05, 3.63) is 28.8 Å². The third-order valence-corrected chi connectivity index (χ3v) is 2.51. The van der Waals surface area contributed by atoms with Crippen molar-refractivity contribution in [2.75, 3.05) is 12.0 Å². The second-order valence-electron chi connectivity index (χ2n) is 2.57. The average molecular weight is 204 g/mol. The van der Waals surface area contributed by atoms with Crippen molar-refractivity contribution in [2.24, 2.45) is 0 Å². The highest BCUT2D eigenvalue weighted by Crippen LogP contribution is 2.19. The van der Waals surface area contributed by atoms with Crippen LogP contribution in [0.25, 0.3) is 0 Å². The van der Waals surface area contributed by atoms with Gasteiger partial charge in [-0.2, -0.15) is 0 Å². The van der Waals surface area contributed by atoms with Crippen LogP contribution in [0.5, 0.6) is 0 Å². The van der Waals surface area contributed by atoms with Gasteiger partial charge in [-0.25, -0.2) is 0 Å². The number of benzene rings is 1. The van der Waals surface area contributed by atoms with E-state index in [-0.39, 0.29) is 0 Å². The molecule has 0 fully saturated rings. The number of rotatable bonds is 2. The summed E-state index contributed by atoms with van der Waals surface area (Å²) in [4.78, 5) is 0. The van der Waals surface area contributed by atoms with Gasteiger partial charge in [0, 0.05) is 22.8 Å². The Kier molecular flexibility index (Phi) is 3.12. The monoisotopic (exact) mass is 203 g/mol. The number of hydrogen-bond donors (Lipinski definition) is 1. The molecular formula is C8H10ClNOS. The Bertz CT molecular complexity index is 314. The molecule has 0 aromatic heterocycles. The molecule has 12 heavy (non-hydrogen) atoms. The second kappa shape index (κ2) is 3.92. The maximum absolute atomic E-state index is 10.8. The van der Waals surface area contributed by atoms with Crippen molar-refractivity contribution in [2.45, 2.75) is 5.75 Å². The molecule has 0 aliphatic carbocycles. The normalized spacial score (nSPS) is 12.8. The van der Waals surface area contributed by atoms with Crippen LogP contribution in [0.1, 0.15) is 5.56 Å². The zero-order valence-corrected chi connectivity index (χ0v) is 8.28. The molecule has 0 spiro atoms. The molecule has 0 bridgehead atoms. The van der Waals surface area contributed by atoms with Gasteiger partial charge in [0.25, 0.3) is 0 Å². The highest BCUT2D eigenvalue weighted by molar-refractivity contribution is 7.83. The van der Waals surface area contributed by atoms with Crippen LogP contribution >= 0.6 is 11.6 Å². The van der Waals surface area contributed by atoms with E-state index in [1.165, 1.54) is 0 Å². The lowest BCUT2D eigenvalue weighted by Gasteiger charge is -2.01. The molecule has 0 saturated heterocycles. The molecule has 1 unspecified atom stereocenters. The molecule has 0 amide bonds. The Labute approximate surface area is 79.2 Å². The van der Waals surface area contributed by atoms with Crippen molar-refractivity contribution in [3.8, 4) is 0 Å². The lowest BCUT2D eigenvalue weighted by atomic mass is 10.2. The predicted octanol–water partition coefficient (Wildman–Crippen LogP) is 1.80. The summed E-state index contributed by atoms with van der Waals surface area (Å²) in [6.45, 7) is 0. The maximum atomic E-state index is 10.8. The first-order valence-corrected chi connectivity index (χ1v) is 5.54. The Balaban J connectivity index is 2.89. The van der Waals surface area contributed by atoms with Crippen LogP contribution in [0.2, 0.25) is 5.02 Å². The summed E-state index contributed by atoms with van der Waals surface area (Å²) < 4.78 is 10.8. The molecule has 2 N–H and O–H groups in total. The Hall–Kier alpha value is -0.540. The first-order valence-electron chi connectivity index (χ1n) is 3.43. The molecule has 0 saturated carbocycles. The fourth-order valence-electron chi connectivity index (χ4n) is 0.918. The second-order valence-corrected chi connectivity index (χ2v) is 4.42. The third kappa shape index (κ3) is 2.50. The van der Waals surface area contributed by atoms with Crippen LogP contribution in [0, 0.1) is 0 Å². The summed E-state index contributed by atoms with van der Waals surface area (Å²) in [5.74, 6) is 0.529. The van der Waals surface area contributed by atoms with E-state index < -0.39 is 10.8 Å². The molecule has 0 heterocycles. The maximum Gasteiger partial charge on any atom is 0.0635 e. The lowest BCUT2D eigenvalue weighted by Crippen LogP contribution is -1.94. The van der Waals surface area contributed by atoms with E-state index in [1.54, 1.807) is 18.4 Å². The lowest BCUT2D eigenvalue weighted by molar-refractivity contribution is 0.686. The van der Waals surface area contributed by atoms with E-state index in [2.05, 4.69) is 0 Å². The highest BCUT2D eigenvalue weighted by atomic mass is 35.5. The van der Waals surface area contributed by atoms with Gasteiger partial charge in [0.15, 0.2) is 0 Å². The predicted molar refractivity (Wildman–Crippen MR) is 53.6 cm³/mol. The minimum Gasteiger partial charge on any atom is -0.398 e. The molecule has 1 aromatic carbocycles. The average Bonchev–Trinajstić information content (AvgIpc) is 1.96. The van der Waals surface area contributed by atoms with Crippen LogP contribution in [0.4, 0.5) is 5.69 Å². The number of halogens is 1. The van der Waals surface area contributed by atoms with Gasteiger partial charge in [-0.15, -0.1) is 0 Å². The molecule has 0 aliphatic heterocycles. The molecule has 66 valence electrons. The Morgan fingerprint density at radius 1 is 1.58 bits per heavy atom. The first kappa shape index (κ1) is 9.55. The van der Waals surface area contributed by atoms with Crippen molar-refractivity contribution in [1.82, 2.24) is 0 Å². The quantitative estimate of drug-likeness (QED) is 0.745. The standard InChI is InChI=1S/C8H10ClNOS/c1-12(11)5-6-2-3-7(9)8(10)4-6/h2-4H,5,10H2,1H3. The summed E-state index contributed by atoms with van der Waals surface area (Å²) >= 11 is 5.72. The number of nitrogens with two attached hydrogens (primary N) is 1. The molecule has 2 nitrogen and oxygen atoms in total. The fraction of sp³-hybridized carbons (Fsp3) is 0.250. The van der Waals surface area contributed by atoms with Crippen LogP contribution in [0.3, 0.4) is 0 Å². The van der Waals surface area contributed by atoms with E-state index >= 15 is 0 Å². The molecule has 1 atom stereocenters. The van der Waals surface area contributed by atoms with Crippen molar-refractivity contribution in [3.63, 3.8) is 0 Å². The topological polar surface area (TPSA) is 43.1 Å². The van der Waals surface area contributed by atoms with Gasteiger partial charge in [-0.3, -0.25) is 4.21 Å². The summed E-state index contributed by atoms with van der Waals surface area (Å²) in [5, 5.41) is 0.542. The van der Waals surface area contributed by atoms with Crippen LogP contribution in [0.15, 0.2) is 18.2 Å². The van der Waals surface area contributed by atoms with Gasteiger partial charge in [0.05, 0.1) is 10.7 Å². The molecular weight excluding hydrogens is 194 g/mol. The van der Waals surface area contributed by atoms with Crippen molar-refractivity contribution in [1.29, 1.82) is 0 Å². The molecule has 4 heteroatoms. The van der Waals surface area contributed by atoms with Gasteiger partial charge >= 0.3 is 0 Å². The van der Waals surface area contributed by atoms with Gasteiger partial charge in [-0.1, -0.05) is 17.7 Å². The molecule has 0 aliphatic rings. The first-order chi connectivity index (χ1) is 5.59. The SMILES string of the molecule is CS(=O)Cc1ccc(Cl)c(N)c1. The Morgan fingerprint density at radius 3 is 2.75 bits per heavy atom. The minimum atomic E-state index is -0.830. The minimum absolute atomic E-state index is 0.529. The number of hydrogen-bond acceptors (Lipinski definition) is 2. The van der Waals surface area contributed by atoms with Gasteiger partial charge in [-0.05, 0) is 17.7 Å². The zero-order valence-electron chi connectivity index (χ0n) is 6.71. The van der Waals surface area contributed by atoms with Gasteiger partial charge in [0.1, 0.15) is 0 Å². The van der Waals surface area contributed by atoms with Crippen molar-refractivity contribution >= 4 is 28.1 Å². The van der Waals surface area contributed by atoms with Gasteiger partial charge < -0.3 is 5.73 Å². The third-order valence-electron chi connectivity index (χ3n) is 1.43. The zero-order chi connectivity index (χ0) is 9.14. The highest BCUT2D eigenvalue weighted by Gasteiger charge is 1.99. The summed E-state index contributed by atoms with van der Waals surface area (Å²) in [6, 6.07) is 5.31. The van der Waals surface area contributed by atoms with Crippen LogP contribution < -0.4 is 5.73 Å². The fourth-order valence-corrected chi connectivity index (χ4v) is 1.68. The van der Waals surface area contributed by atoms with Gasteiger partial charge in [0.2, 0.25) is 0 Å². The number of nitrogen functional groups attached to an aromatic ring is 1. The Morgan fingerprint density at radius 2 is 2.25 bits per heavy atom. The summed E-state index contributed by atoms with van der Waals surface area (Å²) in [5.41, 5.74) is 7.06. The van der Waals surface area contributed by atoms with E-state index in [0.29, 0.717) is 16.5 Å². The smallest absolute Gasteiger partial charge is 0.0635 e. The largest absolute Gasteiger partial charge is 0.398 e. The van der Waals surface area contributed by atoms with E-state index in [0.717, 1.165) is 5.56 Å².